The van der Waals surface area contributed by atoms with Gasteiger partial charge < -0.3 is 24.5 Å². The minimum atomic E-state index is -0.221. The van der Waals surface area contributed by atoms with Crippen LogP contribution in [-0.2, 0) is 6.54 Å². The van der Waals surface area contributed by atoms with E-state index in [0.29, 0.717) is 18.8 Å². The van der Waals surface area contributed by atoms with E-state index in [-0.39, 0.29) is 5.91 Å². The normalized spacial score (nSPS) is 15.7. The van der Waals surface area contributed by atoms with Crippen molar-refractivity contribution in [3.8, 4) is 0 Å². The van der Waals surface area contributed by atoms with E-state index in [1.807, 2.05) is 6.07 Å². The fourth-order valence-electron chi connectivity index (χ4n) is 2.92. The van der Waals surface area contributed by atoms with Crippen LogP contribution in [-0.4, -0.2) is 72.6 Å². The molecular weight excluding hydrogens is 348 g/mol. The number of aliphatic imine (C=N–C) groups is 1. The van der Waals surface area contributed by atoms with Crippen LogP contribution in [0.5, 0.6) is 0 Å². The van der Waals surface area contributed by atoms with Crippen LogP contribution in [0.25, 0.3) is 0 Å². The molecule has 0 saturated carbocycles. The predicted octanol–water partition coefficient (Wildman–Crippen LogP) is 0.781. The Kier molecular flexibility index (Phi) is 6.86. The van der Waals surface area contributed by atoms with Crippen molar-refractivity contribution in [2.24, 2.45) is 4.99 Å². The summed E-state index contributed by atoms with van der Waals surface area (Å²) in [6, 6.07) is 5.23. The summed E-state index contributed by atoms with van der Waals surface area (Å²) in [7, 11) is 0. The van der Waals surface area contributed by atoms with Gasteiger partial charge in [-0.3, -0.25) is 14.7 Å². The molecule has 1 aliphatic heterocycles. The zero-order valence-corrected chi connectivity index (χ0v) is 15.6. The van der Waals surface area contributed by atoms with Crippen molar-refractivity contribution in [1.29, 1.82) is 0 Å². The molecule has 0 aromatic carbocycles. The lowest BCUT2D eigenvalue weighted by atomic mass is 10.3. The largest absolute Gasteiger partial charge is 0.459 e. The topological polar surface area (TPSA) is 99.1 Å². The molecule has 2 aromatic rings. The molecule has 1 amide bonds. The number of amides is 1. The Balaban J connectivity index is 1.44. The fraction of sp³-hybridized carbons (Fsp3) is 0.500. The van der Waals surface area contributed by atoms with E-state index < -0.39 is 0 Å². The van der Waals surface area contributed by atoms with E-state index >= 15 is 0 Å². The first kappa shape index (κ1) is 19.0. The summed E-state index contributed by atoms with van der Waals surface area (Å²) < 4.78 is 9.96. The Hall–Kier alpha value is -2.81. The quantitative estimate of drug-likeness (QED) is 0.420. The number of piperazine rings is 1. The molecule has 2 N–H and O–H groups in total. The fourth-order valence-corrected chi connectivity index (χ4v) is 2.92. The van der Waals surface area contributed by atoms with E-state index in [4.69, 9.17) is 8.94 Å². The van der Waals surface area contributed by atoms with Gasteiger partial charge in [-0.25, -0.2) is 0 Å². The smallest absolute Gasteiger partial charge is 0.287 e. The number of carbonyl (C=O) groups excluding carboxylic acids is 1. The average molecular weight is 374 g/mol. The highest BCUT2D eigenvalue weighted by Gasteiger charge is 2.20. The molecule has 27 heavy (non-hydrogen) atoms. The zero-order valence-electron chi connectivity index (χ0n) is 15.6. The Morgan fingerprint density at radius 2 is 2.07 bits per heavy atom. The monoisotopic (exact) mass is 374 g/mol. The summed E-state index contributed by atoms with van der Waals surface area (Å²) in [6.45, 7) is 8.28. The number of carbonyl (C=O) groups is 1. The van der Waals surface area contributed by atoms with E-state index in [1.165, 1.54) is 6.26 Å². The van der Waals surface area contributed by atoms with Crippen molar-refractivity contribution in [2.75, 3.05) is 45.8 Å². The first-order valence-electron chi connectivity index (χ1n) is 9.23. The maximum absolute atomic E-state index is 11.8. The molecule has 1 fully saturated rings. The van der Waals surface area contributed by atoms with Crippen LogP contribution in [0.1, 0.15) is 23.2 Å². The minimum absolute atomic E-state index is 0.221. The van der Waals surface area contributed by atoms with E-state index in [9.17, 15) is 4.79 Å². The number of hydrogen-bond acceptors (Lipinski definition) is 6. The number of guanidine groups is 1. The summed E-state index contributed by atoms with van der Waals surface area (Å²) in [5.74, 6) is 0.974. The second-order valence-electron chi connectivity index (χ2n) is 6.22. The Bertz CT molecular complexity index is 706. The van der Waals surface area contributed by atoms with Crippen molar-refractivity contribution in [2.45, 2.75) is 13.5 Å². The Morgan fingerprint density at radius 1 is 1.22 bits per heavy atom. The third-order valence-electron chi connectivity index (χ3n) is 4.29. The van der Waals surface area contributed by atoms with Crippen LogP contribution >= 0.6 is 0 Å². The number of aromatic nitrogens is 1. The standard InChI is InChI=1S/C18H26N6O3/c1-2-19-18(21-7-6-20-17(25)16-4-3-12-26-16)24-10-8-23(9-11-24)14-15-5-13-27-22-15/h3-5,12-13H,2,6-11,14H2,1H3,(H,19,21)(H,20,25). The van der Waals surface area contributed by atoms with Gasteiger partial charge in [0.1, 0.15) is 6.26 Å². The maximum Gasteiger partial charge on any atom is 0.287 e. The van der Waals surface area contributed by atoms with Gasteiger partial charge in [0, 0.05) is 51.9 Å². The van der Waals surface area contributed by atoms with Crippen molar-refractivity contribution < 1.29 is 13.7 Å². The van der Waals surface area contributed by atoms with Crippen molar-refractivity contribution in [1.82, 2.24) is 25.6 Å². The highest BCUT2D eigenvalue weighted by Crippen LogP contribution is 2.07. The van der Waals surface area contributed by atoms with Crippen molar-refractivity contribution >= 4 is 11.9 Å². The van der Waals surface area contributed by atoms with E-state index in [0.717, 1.165) is 50.9 Å². The second-order valence-corrected chi connectivity index (χ2v) is 6.22. The minimum Gasteiger partial charge on any atom is -0.459 e. The molecule has 0 aliphatic carbocycles. The van der Waals surface area contributed by atoms with Gasteiger partial charge in [0.05, 0.1) is 18.5 Å². The van der Waals surface area contributed by atoms with Gasteiger partial charge >= 0.3 is 0 Å². The molecule has 146 valence electrons. The first-order valence-corrected chi connectivity index (χ1v) is 9.23. The van der Waals surface area contributed by atoms with Crippen LogP contribution in [0.2, 0.25) is 0 Å². The summed E-state index contributed by atoms with van der Waals surface area (Å²) >= 11 is 0. The molecule has 9 nitrogen and oxygen atoms in total. The highest BCUT2D eigenvalue weighted by atomic mass is 16.5. The number of furan rings is 1. The van der Waals surface area contributed by atoms with Crippen molar-refractivity contribution in [3.63, 3.8) is 0 Å². The highest BCUT2D eigenvalue weighted by molar-refractivity contribution is 5.91. The molecule has 0 unspecified atom stereocenters. The zero-order chi connectivity index (χ0) is 18.9. The van der Waals surface area contributed by atoms with Gasteiger partial charge in [-0.1, -0.05) is 5.16 Å². The van der Waals surface area contributed by atoms with E-state index in [1.54, 1.807) is 18.4 Å². The Morgan fingerprint density at radius 3 is 2.74 bits per heavy atom. The molecule has 1 saturated heterocycles. The van der Waals surface area contributed by atoms with Gasteiger partial charge in [0.15, 0.2) is 11.7 Å². The molecule has 9 heteroatoms. The predicted molar refractivity (Wildman–Crippen MR) is 100 cm³/mol. The van der Waals surface area contributed by atoms with Gasteiger partial charge in [-0.05, 0) is 19.1 Å². The molecule has 0 atom stereocenters. The second kappa shape index (κ2) is 9.77. The van der Waals surface area contributed by atoms with Gasteiger partial charge in [0.2, 0.25) is 0 Å². The van der Waals surface area contributed by atoms with Gasteiger partial charge in [0.25, 0.3) is 5.91 Å². The molecule has 0 bridgehead atoms. The molecule has 0 spiro atoms. The molecule has 3 heterocycles. The number of hydrogen-bond donors (Lipinski definition) is 2. The molecule has 0 radical (unpaired) electrons. The number of nitrogens with zero attached hydrogens (tertiary/aromatic N) is 4. The summed E-state index contributed by atoms with van der Waals surface area (Å²) in [5.41, 5.74) is 0.955. The molecular formula is C18H26N6O3. The van der Waals surface area contributed by atoms with Crippen LogP contribution in [0.3, 0.4) is 0 Å². The maximum atomic E-state index is 11.8. The molecule has 1 aliphatic rings. The third-order valence-corrected chi connectivity index (χ3v) is 4.29. The summed E-state index contributed by atoms with van der Waals surface area (Å²) in [5, 5.41) is 10.1. The molecule has 2 aromatic heterocycles. The first-order chi connectivity index (χ1) is 13.3. The summed E-state index contributed by atoms with van der Waals surface area (Å²) in [4.78, 5) is 21.1. The van der Waals surface area contributed by atoms with Crippen LogP contribution in [0, 0.1) is 0 Å². The number of nitrogens with one attached hydrogen (secondary N) is 2. The van der Waals surface area contributed by atoms with Crippen LogP contribution in [0.15, 0.2) is 44.7 Å². The molecule has 3 rings (SSSR count). The SMILES string of the molecule is CCNC(=NCCNC(=O)c1ccco1)N1CCN(Cc2ccon2)CC1. The van der Waals surface area contributed by atoms with Crippen LogP contribution < -0.4 is 10.6 Å². The van der Waals surface area contributed by atoms with Gasteiger partial charge in [-0.2, -0.15) is 0 Å². The average Bonchev–Trinajstić information content (AvgIpc) is 3.39. The summed E-state index contributed by atoms with van der Waals surface area (Å²) in [6.07, 6.45) is 3.09. The van der Waals surface area contributed by atoms with Crippen molar-refractivity contribution in [3.05, 3.63) is 42.2 Å². The lowest BCUT2D eigenvalue weighted by Gasteiger charge is -2.36. The van der Waals surface area contributed by atoms with Crippen LogP contribution in [0.4, 0.5) is 0 Å². The van der Waals surface area contributed by atoms with Gasteiger partial charge in [-0.15, -0.1) is 0 Å². The number of rotatable bonds is 7. The third kappa shape index (κ3) is 5.58. The lowest BCUT2D eigenvalue weighted by Crippen LogP contribution is -2.52. The Labute approximate surface area is 158 Å². The lowest BCUT2D eigenvalue weighted by molar-refractivity contribution is 0.0927. The van der Waals surface area contributed by atoms with E-state index in [2.05, 4.69) is 37.5 Å².